The lowest BCUT2D eigenvalue weighted by Gasteiger charge is -2.46. The van der Waals surface area contributed by atoms with E-state index in [9.17, 15) is 39.9 Å². The van der Waals surface area contributed by atoms with Gasteiger partial charge < -0.3 is 31.3 Å². The number of ketones is 2. The van der Waals surface area contributed by atoms with Gasteiger partial charge in [0.15, 0.2) is 11.4 Å². The van der Waals surface area contributed by atoms with Crippen LogP contribution in [0.25, 0.3) is 5.76 Å². The zero-order valence-corrected chi connectivity index (χ0v) is 19.5. The van der Waals surface area contributed by atoms with Crippen molar-refractivity contribution in [1.82, 2.24) is 0 Å². The van der Waals surface area contributed by atoms with Crippen molar-refractivity contribution in [3.05, 3.63) is 45.7 Å². The molecule has 3 atom stereocenters. The van der Waals surface area contributed by atoms with Crippen LogP contribution in [0.2, 0.25) is 0 Å². The Bertz CT molecular complexity index is 1340. The number of phenolic OH excluding ortho intramolecular Hbond substituents is 1. The molecule has 0 heterocycles. The predicted molar refractivity (Wildman–Crippen MR) is 126 cm³/mol. The van der Waals surface area contributed by atoms with Gasteiger partial charge in [-0.3, -0.25) is 14.4 Å². The van der Waals surface area contributed by atoms with E-state index in [0.29, 0.717) is 24.0 Å². The average Bonchev–Trinajstić information content (AvgIpc) is 2.81. The monoisotopic (exact) mass is 493 g/mol. The number of aliphatic hydroxyl groups is 4. The molecule has 1 amide bonds. The number of aliphatic hydroxyl groups excluding tert-OH is 2. The first kappa shape index (κ1) is 24.1. The summed E-state index contributed by atoms with van der Waals surface area (Å²) >= 11 is 0. The largest absolute Gasteiger partial charge is 0.508 e. The number of Topliss-reactive ketones (excluding diaryl/α,β-unsaturated/α-hetero) is 2. The number of fused-ring (bicyclic) bond motifs is 3. The molecule has 9 heteroatoms. The van der Waals surface area contributed by atoms with E-state index in [2.05, 4.69) is 11.8 Å². The van der Waals surface area contributed by atoms with Gasteiger partial charge in [0.05, 0.1) is 5.56 Å². The van der Waals surface area contributed by atoms with Crippen LogP contribution in [0.1, 0.15) is 61.6 Å². The summed E-state index contributed by atoms with van der Waals surface area (Å²) in [6.07, 6.45) is 3.76. The number of carbonyl (C=O) groups is 3. The fourth-order valence-corrected chi connectivity index (χ4v) is 6.18. The van der Waals surface area contributed by atoms with Crippen molar-refractivity contribution in [2.75, 3.05) is 0 Å². The zero-order valence-electron chi connectivity index (χ0n) is 19.5. The molecule has 7 N–H and O–H groups in total. The van der Waals surface area contributed by atoms with E-state index < -0.39 is 57.6 Å². The van der Waals surface area contributed by atoms with Crippen molar-refractivity contribution >= 4 is 23.2 Å². The summed E-state index contributed by atoms with van der Waals surface area (Å²) in [7, 11) is 0. The highest BCUT2D eigenvalue weighted by Crippen LogP contribution is 2.52. The van der Waals surface area contributed by atoms with Gasteiger partial charge in [-0.25, -0.2) is 0 Å². The number of hydrogen-bond donors (Lipinski definition) is 6. The number of nitrogens with two attached hydrogens (primary N) is 1. The molecule has 0 aromatic heterocycles. The predicted octanol–water partition coefficient (Wildman–Crippen LogP) is 1.47. The van der Waals surface area contributed by atoms with E-state index in [1.807, 2.05) is 0 Å². The van der Waals surface area contributed by atoms with Crippen LogP contribution < -0.4 is 5.73 Å². The Kier molecular flexibility index (Phi) is 5.50. The van der Waals surface area contributed by atoms with Gasteiger partial charge in [-0.05, 0) is 62.1 Å². The Balaban J connectivity index is 1.62. The molecule has 4 aliphatic rings. The fourth-order valence-electron chi connectivity index (χ4n) is 6.18. The average molecular weight is 494 g/mol. The summed E-state index contributed by atoms with van der Waals surface area (Å²) in [5, 5.41) is 54.4. The second-order valence-electron chi connectivity index (χ2n) is 10.2. The lowest BCUT2D eigenvalue weighted by molar-refractivity contribution is -0.147. The molecule has 1 aromatic rings. The van der Waals surface area contributed by atoms with Gasteiger partial charge in [-0.15, -0.1) is 0 Å². The highest BCUT2D eigenvalue weighted by atomic mass is 16.3. The molecule has 4 aliphatic carbocycles. The van der Waals surface area contributed by atoms with Crippen LogP contribution in [-0.4, -0.2) is 54.2 Å². The summed E-state index contributed by atoms with van der Waals surface area (Å²) in [5.41, 5.74) is 1.45. The minimum atomic E-state index is -2.59. The summed E-state index contributed by atoms with van der Waals surface area (Å²) in [4.78, 5) is 37.7. The van der Waals surface area contributed by atoms with E-state index in [1.54, 1.807) is 6.07 Å². The van der Waals surface area contributed by atoms with Gasteiger partial charge in [0.25, 0.3) is 5.91 Å². The van der Waals surface area contributed by atoms with Crippen molar-refractivity contribution in [2.45, 2.75) is 62.6 Å². The molecule has 2 fully saturated rings. The van der Waals surface area contributed by atoms with Crippen LogP contribution in [0, 0.1) is 23.7 Å². The molecule has 2 saturated carbocycles. The maximum Gasteiger partial charge on any atom is 0.255 e. The molecule has 0 spiro atoms. The van der Waals surface area contributed by atoms with Crippen LogP contribution in [0.15, 0.2) is 29.0 Å². The fraction of sp³-hybridized carbons (Fsp3) is 0.444. The SMILES string of the molecule is NC(=O)C1=C(O)[C@@]2(O)C(=O)C3=C(O)c4c(O)ccc(C#CC5(O)CCCCC5)c4C[C@H]3C[C@H]2CC1=O. The Morgan fingerprint density at radius 1 is 1.03 bits per heavy atom. The maximum atomic E-state index is 13.5. The third-order valence-corrected chi connectivity index (χ3v) is 8.06. The van der Waals surface area contributed by atoms with Crippen molar-refractivity contribution in [3.63, 3.8) is 0 Å². The molecule has 0 bridgehead atoms. The van der Waals surface area contributed by atoms with Gasteiger partial charge in [-0.2, -0.15) is 0 Å². The first-order valence-electron chi connectivity index (χ1n) is 12.1. The Hall–Kier alpha value is -3.61. The minimum Gasteiger partial charge on any atom is -0.508 e. The van der Waals surface area contributed by atoms with Gasteiger partial charge in [0, 0.05) is 23.5 Å². The maximum absolute atomic E-state index is 13.5. The van der Waals surface area contributed by atoms with E-state index in [4.69, 9.17) is 5.73 Å². The van der Waals surface area contributed by atoms with Crippen LogP contribution in [0.4, 0.5) is 0 Å². The molecule has 0 aliphatic heterocycles. The Labute approximate surface area is 206 Å². The highest BCUT2D eigenvalue weighted by Gasteiger charge is 2.60. The smallest absolute Gasteiger partial charge is 0.255 e. The highest BCUT2D eigenvalue weighted by molar-refractivity contribution is 6.22. The number of amides is 1. The van der Waals surface area contributed by atoms with E-state index >= 15 is 0 Å². The molecule has 36 heavy (non-hydrogen) atoms. The van der Waals surface area contributed by atoms with E-state index in [-0.39, 0.29) is 36.1 Å². The Morgan fingerprint density at radius 3 is 2.39 bits per heavy atom. The van der Waals surface area contributed by atoms with E-state index in [1.165, 1.54) is 6.07 Å². The lowest BCUT2D eigenvalue weighted by Crippen LogP contribution is -2.58. The number of phenols is 1. The van der Waals surface area contributed by atoms with Gasteiger partial charge in [-0.1, -0.05) is 18.3 Å². The molecular weight excluding hydrogens is 466 g/mol. The van der Waals surface area contributed by atoms with Gasteiger partial charge in [0.1, 0.15) is 28.4 Å². The zero-order chi connectivity index (χ0) is 26.0. The van der Waals surface area contributed by atoms with Crippen molar-refractivity contribution in [1.29, 1.82) is 0 Å². The normalized spacial score (nSPS) is 29.1. The second kappa shape index (κ2) is 8.22. The Morgan fingerprint density at radius 2 is 1.72 bits per heavy atom. The summed E-state index contributed by atoms with van der Waals surface area (Å²) in [6, 6.07) is 2.92. The third kappa shape index (κ3) is 3.44. The molecule has 9 nitrogen and oxygen atoms in total. The number of benzene rings is 1. The summed E-state index contributed by atoms with van der Waals surface area (Å²) < 4.78 is 0. The topological polar surface area (TPSA) is 178 Å². The number of primary amides is 1. The van der Waals surface area contributed by atoms with Crippen molar-refractivity contribution in [3.8, 4) is 17.6 Å². The molecule has 188 valence electrons. The van der Waals surface area contributed by atoms with Crippen molar-refractivity contribution in [2.24, 2.45) is 17.6 Å². The molecule has 5 rings (SSSR count). The van der Waals surface area contributed by atoms with Gasteiger partial charge >= 0.3 is 0 Å². The van der Waals surface area contributed by atoms with Crippen molar-refractivity contribution < 1.29 is 39.9 Å². The first-order valence-corrected chi connectivity index (χ1v) is 12.1. The lowest BCUT2D eigenvalue weighted by atomic mass is 9.59. The first-order chi connectivity index (χ1) is 17.0. The molecule has 0 radical (unpaired) electrons. The van der Waals surface area contributed by atoms with Crippen LogP contribution >= 0.6 is 0 Å². The second-order valence-corrected chi connectivity index (χ2v) is 10.2. The quantitative estimate of drug-likeness (QED) is 0.251. The number of carbonyl (C=O) groups excluding carboxylic acids is 3. The summed E-state index contributed by atoms with van der Waals surface area (Å²) in [5.74, 6) is -0.725. The van der Waals surface area contributed by atoms with Crippen LogP contribution in [-0.2, 0) is 20.8 Å². The molecular formula is C27H27NO8. The van der Waals surface area contributed by atoms with Crippen LogP contribution in [0.5, 0.6) is 5.75 Å². The third-order valence-electron chi connectivity index (χ3n) is 8.06. The molecule has 0 unspecified atom stereocenters. The van der Waals surface area contributed by atoms with E-state index in [0.717, 1.165) is 19.3 Å². The minimum absolute atomic E-state index is 0.00966. The van der Waals surface area contributed by atoms with Crippen LogP contribution in [0.3, 0.4) is 0 Å². The number of rotatable bonds is 1. The van der Waals surface area contributed by atoms with Gasteiger partial charge in [0.2, 0.25) is 5.78 Å². The standard InChI is InChI=1S/C27H27NO8/c28-25(34)21-18(30)12-15-10-14-11-16-13(6-9-26(35)7-2-1-3-8-26)4-5-17(29)20(16)22(31)19(14)23(32)27(15,36)24(21)33/h4-5,14-15,29,31,33,35-36H,1-3,7-8,10-12H2,(H2,28,34)/t14-,15+,27+/m1/s1. The number of aromatic hydroxyl groups is 1. The summed E-state index contributed by atoms with van der Waals surface area (Å²) in [6.45, 7) is 0. The molecule has 1 aromatic carbocycles. The molecule has 0 saturated heterocycles. The number of hydrogen-bond acceptors (Lipinski definition) is 8.